The van der Waals surface area contributed by atoms with E-state index in [0.29, 0.717) is 11.1 Å². The summed E-state index contributed by atoms with van der Waals surface area (Å²) in [7, 11) is 0. The first kappa shape index (κ1) is 15.1. The first-order valence-corrected chi connectivity index (χ1v) is 6.80. The van der Waals surface area contributed by atoms with Crippen molar-refractivity contribution in [2.75, 3.05) is 6.54 Å². The Kier molecular flexibility index (Phi) is 4.60. The lowest BCUT2D eigenvalue weighted by Gasteiger charge is -2.13. The molecule has 3 N–H and O–H groups in total. The Balaban J connectivity index is 1.97. The lowest BCUT2D eigenvalue weighted by Crippen LogP contribution is -2.28. The first-order valence-electron chi connectivity index (χ1n) is 6.80. The number of phenolic OH excluding ortho intramolecular Hbond substituents is 1. The van der Waals surface area contributed by atoms with Gasteiger partial charge in [0.2, 0.25) is 0 Å². The van der Waals surface area contributed by atoms with Crippen molar-refractivity contribution in [3.63, 3.8) is 0 Å². The highest BCUT2D eigenvalue weighted by Crippen LogP contribution is 2.18. The minimum atomic E-state index is -0.756. The predicted molar refractivity (Wildman–Crippen MR) is 81.3 cm³/mol. The van der Waals surface area contributed by atoms with E-state index in [4.69, 9.17) is 0 Å². The van der Waals surface area contributed by atoms with E-state index >= 15 is 0 Å². The number of benzene rings is 2. The minimum absolute atomic E-state index is 0.0849. The van der Waals surface area contributed by atoms with Crippen LogP contribution in [0.4, 0.5) is 0 Å². The summed E-state index contributed by atoms with van der Waals surface area (Å²) in [5, 5.41) is 22.3. The Morgan fingerprint density at radius 3 is 2.43 bits per heavy atom. The SMILES string of the molecule is Cc1ccc(C(O)CNC(=O)c2ccc(C)c(O)c2)cc1. The fraction of sp³-hybridized carbons (Fsp3) is 0.235. The summed E-state index contributed by atoms with van der Waals surface area (Å²) < 4.78 is 0. The van der Waals surface area contributed by atoms with E-state index in [1.54, 1.807) is 19.1 Å². The van der Waals surface area contributed by atoms with Crippen molar-refractivity contribution < 1.29 is 15.0 Å². The van der Waals surface area contributed by atoms with Crippen molar-refractivity contribution >= 4 is 5.91 Å². The average Bonchev–Trinajstić information content (AvgIpc) is 2.48. The van der Waals surface area contributed by atoms with Crippen LogP contribution < -0.4 is 5.32 Å². The minimum Gasteiger partial charge on any atom is -0.508 e. The maximum atomic E-state index is 12.0. The molecule has 0 aliphatic rings. The van der Waals surface area contributed by atoms with Crippen LogP contribution in [-0.2, 0) is 0 Å². The molecule has 4 nitrogen and oxygen atoms in total. The fourth-order valence-electron chi connectivity index (χ4n) is 1.95. The van der Waals surface area contributed by atoms with Gasteiger partial charge in [0.05, 0.1) is 6.10 Å². The average molecular weight is 285 g/mol. The van der Waals surface area contributed by atoms with Crippen LogP contribution in [0.5, 0.6) is 5.75 Å². The molecule has 0 radical (unpaired) electrons. The van der Waals surface area contributed by atoms with Crippen LogP contribution in [0.3, 0.4) is 0 Å². The van der Waals surface area contributed by atoms with Crippen LogP contribution in [0.1, 0.15) is 33.2 Å². The summed E-state index contributed by atoms with van der Waals surface area (Å²) in [6.07, 6.45) is -0.756. The third-order valence-corrected chi connectivity index (χ3v) is 3.39. The van der Waals surface area contributed by atoms with Crippen LogP contribution in [0.25, 0.3) is 0 Å². The molecule has 2 aromatic carbocycles. The molecule has 1 atom stereocenters. The van der Waals surface area contributed by atoms with E-state index in [0.717, 1.165) is 11.1 Å². The van der Waals surface area contributed by atoms with E-state index < -0.39 is 6.10 Å². The number of hydrogen-bond donors (Lipinski definition) is 3. The van der Waals surface area contributed by atoms with Crippen molar-refractivity contribution in [1.82, 2.24) is 5.32 Å². The van der Waals surface area contributed by atoms with E-state index in [-0.39, 0.29) is 18.2 Å². The topological polar surface area (TPSA) is 69.6 Å². The molecule has 0 aliphatic heterocycles. The maximum absolute atomic E-state index is 12.0. The second kappa shape index (κ2) is 6.41. The quantitative estimate of drug-likeness (QED) is 0.808. The summed E-state index contributed by atoms with van der Waals surface area (Å²) in [6.45, 7) is 3.86. The summed E-state index contributed by atoms with van der Waals surface area (Å²) in [4.78, 5) is 12.0. The number of aromatic hydroxyl groups is 1. The molecule has 1 unspecified atom stereocenters. The van der Waals surface area contributed by atoms with Crippen molar-refractivity contribution in [2.24, 2.45) is 0 Å². The van der Waals surface area contributed by atoms with E-state index in [1.165, 1.54) is 6.07 Å². The first-order chi connectivity index (χ1) is 9.97. The predicted octanol–water partition coefficient (Wildman–Crippen LogP) is 2.47. The number of rotatable bonds is 4. The van der Waals surface area contributed by atoms with Gasteiger partial charge in [-0.05, 0) is 37.1 Å². The monoisotopic (exact) mass is 285 g/mol. The van der Waals surface area contributed by atoms with Crippen LogP contribution in [0, 0.1) is 13.8 Å². The van der Waals surface area contributed by atoms with Gasteiger partial charge in [0, 0.05) is 12.1 Å². The molecule has 0 aromatic heterocycles. The summed E-state index contributed by atoms with van der Waals surface area (Å²) in [5.74, 6) is -0.238. The molecule has 0 aliphatic carbocycles. The summed E-state index contributed by atoms with van der Waals surface area (Å²) >= 11 is 0. The van der Waals surface area contributed by atoms with Crippen molar-refractivity contribution in [3.05, 3.63) is 64.7 Å². The number of amides is 1. The number of hydrogen-bond acceptors (Lipinski definition) is 3. The Labute approximate surface area is 124 Å². The summed E-state index contributed by atoms with van der Waals surface area (Å²) in [5.41, 5.74) is 2.96. The zero-order chi connectivity index (χ0) is 15.4. The number of phenols is 1. The van der Waals surface area contributed by atoms with Crippen LogP contribution >= 0.6 is 0 Å². The number of aliphatic hydroxyl groups is 1. The van der Waals surface area contributed by atoms with Gasteiger partial charge in [0.15, 0.2) is 0 Å². The normalized spacial score (nSPS) is 12.0. The molecule has 0 fully saturated rings. The lowest BCUT2D eigenvalue weighted by molar-refractivity contribution is 0.0916. The molecule has 0 bridgehead atoms. The highest BCUT2D eigenvalue weighted by atomic mass is 16.3. The zero-order valence-electron chi connectivity index (χ0n) is 12.1. The van der Waals surface area contributed by atoms with Gasteiger partial charge in [-0.25, -0.2) is 0 Å². The van der Waals surface area contributed by atoms with Crippen molar-refractivity contribution in [2.45, 2.75) is 20.0 Å². The Morgan fingerprint density at radius 2 is 1.81 bits per heavy atom. The van der Waals surface area contributed by atoms with E-state index in [9.17, 15) is 15.0 Å². The molecule has 1 amide bonds. The largest absolute Gasteiger partial charge is 0.508 e. The van der Waals surface area contributed by atoms with Crippen LogP contribution in [0.2, 0.25) is 0 Å². The Morgan fingerprint density at radius 1 is 1.14 bits per heavy atom. The fourth-order valence-corrected chi connectivity index (χ4v) is 1.95. The smallest absolute Gasteiger partial charge is 0.251 e. The van der Waals surface area contributed by atoms with Gasteiger partial charge in [-0.1, -0.05) is 35.9 Å². The van der Waals surface area contributed by atoms with Gasteiger partial charge in [-0.15, -0.1) is 0 Å². The third kappa shape index (κ3) is 3.83. The second-order valence-electron chi connectivity index (χ2n) is 5.14. The van der Waals surface area contributed by atoms with Gasteiger partial charge < -0.3 is 15.5 Å². The van der Waals surface area contributed by atoms with Gasteiger partial charge in [0.1, 0.15) is 5.75 Å². The lowest BCUT2D eigenvalue weighted by atomic mass is 10.1. The third-order valence-electron chi connectivity index (χ3n) is 3.39. The Bertz CT molecular complexity index is 635. The molecule has 2 rings (SSSR count). The number of aryl methyl sites for hydroxylation is 2. The molecule has 2 aromatic rings. The number of carbonyl (C=O) groups is 1. The van der Waals surface area contributed by atoms with Crippen LogP contribution in [-0.4, -0.2) is 22.7 Å². The number of carbonyl (C=O) groups excluding carboxylic acids is 1. The molecule has 0 heterocycles. The second-order valence-corrected chi connectivity index (χ2v) is 5.14. The highest BCUT2D eigenvalue weighted by Gasteiger charge is 2.11. The molecule has 110 valence electrons. The molecular weight excluding hydrogens is 266 g/mol. The van der Waals surface area contributed by atoms with Gasteiger partial charge in [-0.3, -0.25) is 4.79 Å². The molecule has 0 saturated heterocycles. The molecule has 21 heavy (non-hydrogen) atoms. The van der Waals surface area contributed by atoms with Gasteiger partial charge in [-0.2, -0.15) is 0 Å². The van der Waals surface area contributed by atoms with Crippen molar-refractivity contribution in [1.29, 1.82) is 0 Å². The van der Waals surface area contributed by atoms with E-state index in [2.05, 4.69) is 5.32 Å². The highest BCUT2D eigenvalue weighted by molar-refractivity contribution is 5.94. The van der Waals surface area contributed by atoms with Gasteiger partial charge in [0.25, 0.3) is 5.91 Å². The summed E-state index contributed by atoms with van der Waals surface area (Å²) in [6, 6.07) is 12.2. The van der Waals surface area contributed by atoms with Gasteiger partial charge >= 0.3 is 0 Å². The molecule has 0 saturated carbocycles. The van der Waals surface area contributed by atoms with E-state index in [1.807, 2.05) is 31.2 Å². The maximum Gasteiger partial charge on any atom is 0.251 e. The standard InChI is InChI=1S/C17H19NO3/c1-11-3-6-13(7-4-11)16(20)10-18-17(21)14-8-5-12(2)15(19)9-14/h3-9,16,19-20H,10H2,1-2H3,(H,18,21). The number of nitrogens with one attached hydrogen (secondary N) is 1. The molecule has 0 spiro atoms. The Hall–Kier alpha value is -2.33. The molecular formula is C17H19NO3. The van der Waals surface area contributed by atoms with Crippen LogP contribution in [0.15, 0.2) is 42.5 Å². The number of aliphatic hydroxyl groups excluding tert-OH is 1. The molecule has 4 heteroatoms. The van der Waals surface area contributed by atoms with Crippen molar-refractivity contribution in [3.8, 4) is 5.75 Å². The zero-order valence-corrected chi connectivity index (χ0v) is 12.1.